The fraction of sp³-hybridized carbons (Fsp3) is 0.200. The third-order valence-corrected chi connectivity index (χ3v) is 5.50. The van der Waals surface area contributed by atoms with Crippen molar-refractivity contribution < 1.29 is 14.3 Å². The standard InChI is InChI=1S/C25H22N4O3/c1-26-18-11-20(16-7-3-4-8-16)23(21(12-18)17-9-5-6-10-17)24(30)29-22(25(31)32-2)13-19-14-27-15-28-19/h1,3-7,9,11-12,14-15,22H,8,10,13H2,2H3,(H-,27,28,29,30)/p+1/t22-/m1/s1. The molecule has 7 heteroatoms. The van der Waals surface area contributed by atoms with Crippen molar-refractivity contribution in [3.05, 3.63) is 88.3 Å². The Morgan fingerprint density at radius 1 is 1.19 bits per heavy atom. The summed E-state index contributed by atoms with van der Waals surface area (Å²) in [6.45, 7) is 5.61. The molecule has 1 atom stereocenters. The van der Waals surface area contributed by atoms with Gasteiger partial charge in [-0.25, -0.2) is 9.78 Å². The van der Waals surface area contributed by atoms with Crippen molar-refractivity contribution in [3.8, 4) is 6.57 Å². The summed E-state index contributed by atoms with van der Waals surface area (Å²) in [6.07, 6.45) is 16.6. The molecule has 2 aliphatic rings. The SMILES string of the molecule is C#[N+]c1cc(C2=CC=CC2)c(C(=O)N[C@H](Cc2cnc[nH]2)C(=O)OC)c(C2=CC=CC2)c1. The fourth-order valence-electron chi connectivity index (χ4n) is 3.93. The zero-order valence-corrected chi connectivity index (χ0v) is 17.7. The van der Waals surface area contributed by atoms with Crippen LogP contribution in [-0.2, 0) is 16.0 Å². The van der Waals surface area contributed by atoms with Crippen molar-refractivity contribution in [2.75, 3.05) is 7.11 Å². The Morgan fingerprint density at radius 2 is 1.84 bits per heavy atom. The Morgan fingerprint density at radius 3 is 2.31 bits per heavy atom. The zero-order chi connectivity index (χ0) is 22.5. The van der Waals surface area contributed by atoms with E-state index in [-0.39, 0.29) is 12.3 Å². The summed E-state index contributed by atoms with van der Waals surface area (Å²) < 4.78 is 4.93. The largest absolute Gasteiger partial charge is 0.467 e. The monoisotopic (exact) mass is 427 g/mol. The number of benzene rings is 1. The van der Waals surface area contributed by atoms with Crippen LogP contribution in [0, 0.1) is 6.57 Å². The molecule has 0 saturated carbocycles. The van der Waals surface area contributed by atoms with Crippen molar-refractivity contribution in [1.29, 1.82) is 0 Å². The molecule has 0 radical (unpaired) electrons. The van der Waals surface area contributed by atoms with Gasteiger partial charge in [-0.3, -0.25) is 4.79 Å². The normalized spacial score (nSPS) is 15.1. The molecule has 1 amide bonds. The second-order valence-corrected chi connectivity index (χ2v) is 7.52. The summed E-state index contributed by atoms with van der Waals surface area (Å²) in [4.78, 5) is 36.9. The molecule has 0 unspecified atom stereocenters. The maximum atomic E-state index is 13.7. The van der Waals surface area contributed by atoms with Crippen molar-refractivity contribution in [2.45, 2.75) is 25.3 Å². The first kappa shape index (κ1) is 21.1. The number of carbonyl (C=O) groups excluding carboxylic acids is 2. The minimum absolute atomic E-state index is 0.230. The lowest BCUT2D eigenvalue weighted by atomic mass is 9.89. The summed E-state index contributed by atoms with van der Waals surface area (Å²) in [5.41, 5.74) is 5.23. The number of hydrogen-bond acceptors (Lipinski definition) is 4. The molecular formula is C25H23N4O3+. The number of allylic oxidation sites excluding steroid dienone is 8. The van der Waals surface area contributed by atoms with Crippen molar-refractivity contribution in [2.24, 2.45) is 0 Å². The number of H-pyrrole nitrogens is 1. The number of hydrogen-bond donors (Lipinski definition) is 2. The van der Waals surface area contributed by atoms with Crippen LogP contribution in [0.4, 0.5) is 5.69 Å². The molecule has 1 aromatic carbocycles. The third-order valence-electron chi connectivity index (χ3n) is 5.50. The highest BCUT2D eigenvalue weighted by molar-refractivity contribution is 6.06. The number of rotatable bonds is 7. The first-order chi connectivity index (χ1) is 15.6. The molecule has 0 saturated heterocycles. The second kappa shape index (κ2) is 9.31. The summed E-state index contributed by atoms with van der Waals surface area (Å²) in [5.74, 6) is -0.901. The van der Waals surface area contributed by atoms with Gasteiger partial charge < -0.3 is 15.0 Å². The molecule has 0 fully saturated rings. The molecule has 32 heavy (non-hydrogen) atoms. The molecule has 2 N–H and O–H groups in total. The second-order valence-electron chi connectivity index (χ2n) is 7.52. The van der Waals surface area contributed by atoms with Crippen LogP contribution in [0.2, 0.25) is 0 Å². The van der Waals surface area contributed by atoms with Gasteiger partial charge in [-0.15, -0.1) is 0 Å². The molecule has 1 aromatic heterocycles. The van der Waals surface area contributed by atoms with Crippen LogP contribution in [0.5, 0.6) is 0 Å². The van der Waals surface area contributed by atoms with E-state index in [1.165, 1.54) is 13.4 Å². The summed E-state index contributed by atoms with van der Waals surface area (Å²) >= 11 is 0. The first-order valence-electron chi connectivity index (χ1n) is 10.3. The van der Waals surface area contributed by atoms with E-state index in [2.05, 4.69) is 20.1 Å². The van der Waals surface area contributed by atoms with Gasteiger partial charge in [0.05, 0.1) is 19.0 Å². The maximum absolute atomic E-state index is 13.7. The quantitative estimate of drug-likeness (QED) is 0.648. The van der Waals surface area contributed by atoms with Gasteiger partial charge in [0.25, 0.3) is 12.5 Å². The van der Waals surface area contributed by atoms with Crippen LogP contribution in [-0.4, -0.2) is 35.0 Å². The Hall–Kier alpha value is -4.18. The fourth-order valence-corrected chi connectivity index (χ4v) is 3.93. The molecule has 4 rings (SSSR count). The number of carbonyl (C=O) groups is 2. The molecule has 0 spiro atoms. The Kier molecular flexibility index (Phi) is 6.13. The van der Waals surface area contributed by atoms with Gasteiger partial charge in [0.15, 0.2) is 0 Å². The number of methoxy groups -OCH3 is 1. The van der Waals surface area contributed by atoms with Crippen LogP contribution in [0.1, 0.15) is 40.0 Å². The van der Waals surface area contributed by atoms with Gasteiger partial charge >= 0.3 is 11.7 Å². The molecule has 160 valence electrons. The van der Waals surface area contributed by atoms with E-state index in [1.54, 1.807) is 6.20 Å². The van der Waals surface area contributed by atoms with E-state index < -0.39 is 12.0 Å². The van der Waals surface area contributed by atoms with Gasteiger partial charge in [-0.1, -0.05) is 36.5 Å². The first-order valence-corrected chi connectivity index (χ1v) is 10.3. The molecule has 2 aliphatic carbocycles. The van der Waals surface area contributed by atoms with E-state index in [4.69, 9.17) is 11.3 Å². The number of esters is 1. The van der Waals surface area contributed by atoms with Crippen LogP contribution in [0.25, 0.3) is 16.0 Å². The Bertz CT molecular complexity index is 1160. The summed E-state index contributed by atoms with van der Waals surface area (Å²) in [5, 5.41) is 2.87. The van der Waals surface area contributed by atoms with Crippen LogP contribution >= 0.6 is 0 Å². The third kappa shape index (κ3) is 4.30. The lowest BCUT2D eigenvalue weighted by Crippen LogP contribution is -2.43. The van der Waals surface area contributed by atoms with Crippen LogP contribution in [0.15, 0.2) is 61.1 Å². The van der Waals surface area contributed by atoms with Crippen LogP contribution in [0.3, 0.4) is 0 Å². The number of ether oxygens (including phenoxy) is 1. The van der Waals surface area contributed by atoms with E-state index in [9.17, 15) is 9.59 Å². The number of imidazole rings is 1. The highest BCUT2D eigenvalue weighted by atomic mass is 16.5. The van der Waals surface area contributed by atoms with Crippen molar-refractivity contribution in [1.82, 2.24) is 15.3 Å². The van der Waals surface area contributed by atoms with Crippen molar-refractivity contribution in [3.63, 3.8) is 0 Å². The lowest BCUT2D eigenvalue weighted by molar-refractivity contribution is -0.142. The maximum Gasteiger partial charge on any atom is 0.341 e. The van der Waals surface area contributed by atoms with Gasteiger partial charge in [0, 0.05) is 30.4 Å². The molecule has 2 aromatic rings. The van der Waals surface area contributed by atoms with Gasteiger partial charge in [-0.2, -0.15) is 0 Å². The number of aromatic nitrogens is 2. The van der Waals surface area contributed by atoms with E-state index >= 15 is 0 Å². The van der Waals surface area contributed by atoms with Crippen molar-refractivity contribution >= 4 is 28.7 Å². The highest BCUT2D eigenvalue weighted by Gasteiger charge is 2.29. The number of amides is 1. The minimum Gasteiger partial charge on any atom is -0.467 e. The number of nitrogens with one attached hydrogen (secondary N) is 2. The summed E-state index contributed by atoms with van der Waals surface area (Å²) in [7, 11) is 1.30. The van der Waals surface area contributed by atoms with E-state index in [0.717, 1.165) is 22.3 Å². The molecular weight excluding hydrogens is 404 g/mol. The van der Waals surface area contributed by atoms with Gasteiger partial charge in [-0.05, 0) is 40.0 Å². The highest BCUT2D eigenvalue weighted by Crippen LogP contribution is 2.37. The topological polar surface area (TPSA) is 88.4 Å². The smallest absolute Gasteiger partial charge is 0.341 e. The van der Waals surface area contributed by atoms with Gasteiger partial charge in [0.2, 0.25) is 0 Å². The zero-order valence-electron chi connectivity index (χ0n) is 17.7. The van der Waals surface area contributed by atoms with E-state index in [1.807, 2.05) is 48.6 Å². The minimum atomic E-state index is -0.876. The van der Waals surface area contributed by atoms with E-state index in [0.29, 0.717) is 29.8 Å². The average molecular weight is 427 g/mol. The molecule has 7 nitrogen and oxygen atoms in total. The number of nitrogens with zero attached hydrogens (tertiary/aromatic N) is 2. The van der Waals surface area contributed by atoms with Gasteiger partial charge in [0.1, 0.15) is 6.04 Å². The Balaban J connectivity index is 1.77. The Labute approximate surface area is 186 Å². The summed E-state index contributed by atoms with van der Waals surface area (Å²) in [6, 6.07) is 2.74. The molecule has 1 heterocycles. The number of aromatic amines is 1. The average Bonchev–Trinajstić information content (AvgIpc) is 3.60. The molecule has 0 aliphatic heterocycles. The van der Waals surface area contributed by atoms with Crippen LogP contribution < -0.4 is 5.32 Å². The predicted octanol–water partition coefficient (Wildman–Crippen LogP) is 4.20. The lowest BCUT2D eigenvalue weighted by Gasteiger charge is -2.20. The molecule has 0 bridgehead atoms. The predicted molar refractivity (Wildman–Crippen MR) is 123 cm³/mol.